The molecule has 3 nitrogen and oxygen atoms in total. The number of nitrogens with zero attached hydrogens (tertiary/aromatic N) is 1. The molecule has 0 radical (unpaired) electrons. The lowest BCUT2D eigenvalue weighted by Crippen LogP contribution is -2.17. The highest BCUT2D eigenvalue weighted by Crippen LogP contribution is 2.14. The summed E-state index contributed by atoms with van der Waals surface area (Å²) in [5.41, 5.74) is 7.26. The maximum atomic E-state index is 8.79. The first kappa shape index (κ1) is 9.72. The van der Waals surface area contributed by atoms with Crippen molar-refractivity contribution in [3.8, 4) is 6.07 Å². The molecule has 0 saturated heterocycles. The van der Waals surface area contributed by atoms with Crippen molar-refractivity contribution in [2.45, 2.75) is 6.04 Å². The lowest BCUT2D eigenvalue weighted by atomic mass is 10.0. The van der Waals surface area contributed by atoms with Crippen molar-refractivity contribution >= 4 is 0 Å². The molecule has 0 bridgehead atoms. The molecule has 0 heterocycles. The van der Waals surface area contributed by atoms with E-state index in [0.717, 1.165) is 5.56 Å². The van der Waals surface area contributed by atoms with E-state index < -0.39 is 0 Å². The van der Waals surface area contributed by atoms with Crippen molar-refractivity contribution in [3.05, 3.63) is 35.4 Å². The van der Waals surface area contributed by atoms with Crippen LogP contribution in [0.15, 0.2) is 24.3 Å². The quantitative estimate of drug-likeness (QED) is 0.752. The predicted molar refractivity (Wildman–Crippen MR) is 50.0 cm³/mol. The molecular formula is C10H12N2O. The number of hydrogen-bond acceptors (Lipinski definition) is 3. The number of rotatable bonds is 3. The molecule has 0 spiro atoms. The van der Waals surface area contributed by atoms with Crippen LogP contribution in [0.5, 0.6) is 0 Å². The normalized spacial score (nSPS) is 12.1. The Morgan fingerprint density at radius 2 is 2.23 bits per heavy atom. The third kappa shape index (κ3) is 2.28. The van der Waals surface area contributed by atoms with Crippen LogP contribution in [-0.4, -0.2) is 13.7 Å². The summed E-state index contributed by atoms with van der Waals surface area (Å²) in [5.74, 6) is 0. The Labute approximate surface area is 77.7 Å². The fraction of sp³-hybridized carbons (Fsp3) is 0.300. The van der Waals surface area contributed by atoms with Gasteiger partial charge in [0.2, 0.25) is 0 Å². The molecular weight excluding hydrogens is 164 g/mol. The number of nitrogens with two attached hydrogens (primary N) is 1. The Morgan fingerprint density at radius 1 is 1.54 bits per heavy atom. The van der Waals surface area contributed by atoms with Crippen molar-refractivity contribution in [3.63, 3.8) is 0 Å². The van der Waals surface area contributed by atoms with Gasteiger partial charge in [0.25, 0.3) is 0 Å². The van der Waals surface area contributed by atoms with Gasteiger partial charge in [-0.2, -0.15) is 5.26 Å². The summed E-state index contributed by atoms with van der Waals surface area (Å²) in [5, 5.41) is 8.79. The van der Waals surface area contributed by atoms with Gasteiger partial charge in [-0.05, 0) is 11.6 Å². The van der Waals surface area contributed by atoms with E-state index in [1.165, 1.54) is 0 Å². The molecule has 3 heteroatoms. The van der Waals surface area contributed by atoms with Crippen molar-refractivity contribution in [1.29, 1.82) is 5.26 Å². The van der Waals surface area contributed by atoms with E-state index in [1.807, 2.05) is 18.2 Å². The molecule has 0 saturated carbocycles. The van der Waals surface area contributed by atoms with Crippen molar-refractivity contribution < 1.29 is 4.74 Å². The third-order valence-electron chi connectivity index (χ3n) is 1.83. The topological polar surface area (TPSA) is 59.0 Å². The van der Waals surface area contributed by atoms with Crippen LogP contribution in [0.3, 0.4) is 0 Å². The van der Waals surface area contributed by atoms with Gasteiger partial charge in [-0.3, -0.25) is 0 Å². The maximum absolute atomic E-state index is 8.79. The first-order chi connectivity index (χ1) is 6.29. The van der Waals surface area contributed by atoms with Crippen molar-refractivity contribution in [2.24, 2.45) is 5.73 Å². The lowest BCUT2D eigenvalue weighted by Gasteiger charge is -2.11. The van der Waals surface area contributed by atoms with Gasteiger partial charge in [0.05, 0.1) is 24.3 Å². The van der Waals surface area contributed by atoms with Crippen molar-refractivity contribution in [2.75, 3.05) is 13.7 Å². The summed E-state index contributed by atoms with van der Waals surface area (Å²) in [6.45, 7) is 0.429. The summed E-state index contributed by atoms with van der Waals surface area (Å²) < 4.78 is 4.92. The lowest BCUT2D eigenvalue weighted by molar-refractivity contribution is 0.181. The molecule has 1 rings (SSSR count). The van der Waals surface area contributed by atoms with E-state index in [4.69, 9.17) is 15.7 Å². The van der Waals surface area contributed by atoms with E-state index in [2.05, 4.69) is 6.07 Å². The van der Waals surface area contributed by atoms with Crippen LogP contribution in [0.4, 0.5) is 0 Å². The van der Waals surface area contributed by atoms with Crippen LogP contribution in [0.1, 0.15) is 17.2 Å². The van der Waals surface area contributed by atoms with Crippen LogP contribution in [0.25, 0.3) is 0 Å². The molecule has 13 heavy (non-hydrogen) atoms. The minimum atomic E-state index is -0.221. The molecule has 0 aliphatic heterocycles. The van der Waals surface area contributed by atoms with Crippen LogP contribution < -0.4 is 5.73 Å². The number of ether oxygens (including phenoxy) is 1. The van der Waals surface area contributed by atoms with Gasteiger partial charge in [0.15, 0.2) is 0 Å². The second-order valence-corrected chi connectivity index (χ2v) is 2.76. The van der Waals surface area contributed by atoms with Crippen LogP contribution in [0, 0.1) is 11.3 Å². The smallest absolute Gasteiger partial charge is 0.0995 e. The molecule has 2 N–H and O–H groups in total. The zero-order chi connectivity index (χ0) is 9.68. The molecule has 0 fully saturated rings. The Hall–Kier alpha value is -1.37. The standard InChI is InChI=1S/C10H12N2O/c1-13-7-10(12)9-5-3-2-4-8(9)6-11/h2-5,10H,7,12H2,1H3/t10-/m0/s1. The van der Waals surface area contributed by atoms with E-state index in [1.54, 1.807) is 13.2 Å². The Kier molecular flexibility index (Phi) is 3.44. The highest BCUT2D eigenvalue weighted by molar-refractivity contribution is 5.39. The summed E-state index contributed by atoms with van der Waals surface area (Å²) in [7, 11) is 1.59. The van der Waals surface area contributed by atoms with E-state index in [9.17, 15) is 0 Å². The second kappa shape index (κ2) is 4.61. The number of benzene rings is 1. The Bertz CT molecular complexity index is 317. The molecule has 1 aromatic carbocycles. The van der Waals surface area contributed by atoms with Gasteiger partial charge in [-0.25, -0.2) is 0 Å². The third-order valence-corrected chi connectivity index (χ3v) is 1.83. The van der Waals surface area contributed by atoms with Crippen LogP contribution >= 0.6 is 0 Å². The average Bonchev–Trinajstić information content (AvgIpc) is 2.18. The first-order valence-corrected chi connectivity index (χ1v) is 4.03. The summed E-state index contributed by atoms with van der Waals surface area (Å²) in [4.78, 5) is 0. The molecule has 1 aromatic rings. The zero-order valence-electron chi connectivity index (χ0n) is 7.53. The number of hydrogen-bond donors (Lipinski definition) is 1. The summed E-state index contributed by atoms with van der Waals surface area (Å²) in [6, 6.07) is 9.17. The molecule has 0 unspecified atom stereocenters. The van der Waals surface area contributed by atoms with Gasteiger partial charge in [-0.1, -0.05) is 18.2 Å². The highest BCUT2D eigenvalue weighted by Gasteiger charge is 2.09. The Balaban J connectivity index is 2.93. The van der Waals surface area contributed by atoms with Gasteiger partial charge in [0.1, 0.15) is 0 Å². The summed E-state index contributed by atoms with van der Waals surface area (Å²) >= 11 is 0. The minimum Gasteiger partial charge on any atom is -0.383 e. The molecule has 0 aliphatic rings. The molecule has 0 aliphatic carbocycles. The monoisotopic (exact) mass is 176 g/mol. The predicted octanol–water partition coefficient (Wildman–Crippen LogP) is 1.20. The zero-order valence-corrected chi connectivity index (χ0v) is 7.53. The number of methoxy groups -OCH3 is 1. The largest absolute Gasteiger partial charge is 0.383 e. The molecule has 0 amide bonds. The van der Waals surface area contributed by atoms with Crippen LogP contribution in [0.2, 0.25) is 0 Å². The number of nitriles is 1. The van der Waals surface area contributed by atoms with E-state index in [-0.39, 0.29) is 6.04 Å². The van der Waals surface area contributed by atoms with Gasteiger partial charge >= 0.3 is 0 Å². The highest BCUT2D eigenvalue weighted by atomic mass is 16.5. The molecule has 1 atom stereocenters. The molecule has 68 valence electrons. The molecule has 0 aromatic heterocycles. The summed E-state index contributed by atoms with van der Waals surface area (Å²) in [6.07, 6.45) is 0. The van der Waals surface area contributed by atoms with Gasteiger partial charge in [-0.15, -0.1) is 0 Å². The minimum absolute atomic E-state index is 0.221. The fourth-order valence-corrected chi connectivity index (χ4v) is 1.19. The van der Waals surface area contributed by atoms with Crippen LogP contribution in [-0.2, 0) is 4.74 Å². The first-order valence-electron chi connectivity index (χ1n) is 4.03. The van der Waals surface area contributed by atoms with E-state index in [0.29, 0.717) is 12.2 Å². The SMILES string of the molecule is COC[C@H](N)c1ccccc1C#N. The fourth-order valence-electron chi connectivity index (χ4n) is 1.19. The van der Waals surface area contributed by atoms with E-state index >= 15 is 0 Å². The van der Waals surface area contributed by atoms with Crippen molar-refractivity contribution in [1.82, 2.24) is 0 Å². The van der Waals surface area contributed by atoms with Gasteiger partial charge < -0.3 is 10.5 Å². The maximum Gasteiger partial charge on any atom is 0.0995 e. The average molecular weight is 176 g/mol. The Morgan fingerprint density at radius 3 is 2.85 bits per heavy atom. The second-order valence-electron chi connectivity index (χ2n) is 2.76. The van der Waals surface area contributed by atoms with Gasteiger partial charge in [0, 0.05) is 7.11 Å².